The highest BCUT2D eigenvalue weighted by Crippen LogP contribution is 2.18. The number of rotatable bonds is 6. The highest BCUT2D eigenvalue weighted by Gasteiger charge is 2.28. The first-order valence-corrected chi connectivity index (χ1v) is 6.79. The molecular formula is C14H27NO3. The number of hydrogen-bond acceptors (Lipinski definition) is 4. The van der Waals surface area contributed by atoms with E-state index in [9.17, 15) is 4.79 Å². The van der Waals surface area contributed by atoms with Crippen molar-refractivity contribution in [1.82, 2.24) is 4.90 Å². The summed E-state index contributed by atoms with van der Waals surface area (Å²) in [5.74, 6) is 0.200. The first-order valence-electron chi connectivity index (χ1n) is 6.79. The second kappa shape index (κ2) is 6.64. The molecule has 0 radical (unpaired) electrons. The quantitative estimate of drug-likeness (QED) is 0.728. The number of carbonyl (C=O) groups excluding carboxylic acids is 1. The zero-order chi connectivity index (χ0) is 13.8. The van der Waals surface area contributed by atoms with Crippen LogP contribution >= 0.6 is 0 Å². The van der Waals surface area contributed by atoms with Crippen LogP contribution in [0.15, 0.2) is 0 Å². The van der Waals surface area contributed by atoms with Gasteiger partial charge < -0.3 is 9.47 Å². The number of hydrogen-bond donors (Lipinski definition) is 0. The molecule has 0 aromatic rings. The lowest BCUT2D eigenvalue weighted by atomic mass is 9.98. The Balaban J connectivity index is 2.42. The van der Waals surface area contributed by atoms with E-state index in [0.717, 1.165) is 19.5 Å². The highest BCUT2D eigenvalue weighted by atomic mass is 16.5. The molecule has 1 rings (SSSR count). The SMILES string of the molecule is COC(C)(C)CCC(=O)C1CN(C(C)C)CCO1. The fraction of sp³-hybridized carbons (Fsp3) is 0.929. The molecule has 4 heteroatoms. The molecule has 0 bridgehead atoms. The maximum absolute atomic E-state index is 12.1. The Hall–Kier alpha value is -0.450. The summed E-state index contributed by atoms with van der Waals surface area (Å²) < 4.78 is 10.9. The van der Waals surface area contributed by atoms with Crippen LogP contribution in [0.4, 0.5) is 0 Å². The smallest absolute Gasteiger partial charge is 0.162 e. The van der Waals surface area contributed by atoms with E-state index in [1.165, 1.54) is 0 Å². The Morgan fingerprint density at radius 2 is 2.17 bits per heavy atom. The van der Waals surface area contributed by atoms with Gasteiger partial charge in [-0.25, -0.2) is 0 Å². The van der Waals surface area contributed by atoms with Gasteiger partial charge in [-0.2, -0.15) is 0 Å². The fourth-order valence-corrected chi connectivity index (χ4v) is 2.02. The Morgan fingerprint density at radius 3 is 2.72 bits per heavy atom. The topological polar surface area (TPSA) is 38.8 Å². The van der Waals surface area contributed by atoms with Crippen molar-refractivity contribution in [2.24, 2.45) is 0 Å². The molecule has 1 saturated heterocycles. The molecule has 0 spiro atoms. The van der Waals surface area contributed by atoms with Crippen molar-refractivity contribution in [3.05, 3.63) is 0 Å². The maximum Gasteiger partial charge on any atom is 0.162 e. The summed E-state index contributed by atoms with van der Waals surface area (Å²) in [6, 6.07) is 0.472. The van der Waals surface area contributed by atoms with Gasteiger partial charge in [-0.15, -0.1) is 0 Å². The Morgan fingerprint density at radius 1 is 1.50 bits per heavy atom. The molecule has 106 valence electrons. The van der Waals surface area contributed by atoms with Crippen LogP contribution in [0.2, 0.25) is 0 Å². The van der Waals surface area contributed by atoms with Gasteiger partial charge in [0.2, 0.25) is 0 Å². The minimum absolute atomic E-state index is 0.200. The molecule has 0 aliphatic carbocycles. The summed E-state index contributed by atoms with van der Waals surface area (Å²) in [7, 11) is 1.68. The molecule has 0 amide bonds. The standard InChI is InChI=1S/C14H27NO3/c1-11(2)15-8-9-18-13(10-15)12(16)6-7-14(3,4)17-5/h11,13H,6-10H2,1-5H3. The molecule has 1 aliphatic rings. The van der Waals surface area contributed by atoms with Crippen LogP contribution in [0.3, 0.4) is 0 Å². The molecule has 18 heavy (non-hydrogen) atoms. The maximum atomic E-state index is 12.1. The van der Waals surface area contributed by atoms with Crippen molar-refractivity contribution in [3.63, 3.8) is 0 Å². The van der Waals surface area contributed by atoms with Crippen molar-refractivity contribution in [2.45, 2.75) is 58.3 Å². The third-order valence-electron chi connectivity index (χ3n) is 3.71. The molecule has 1 unspecified atom stereocenters. The van der Waals surface area contributed by atoms with E-state index in [2.05, 4.69) is 18.7 Å². The van der Waals surface area contributed by atoms with E-state index in [0.29, 0.717) is 19.1 Å². The van der Waals surface area contributed by atoms with Gasteiger partial charge in [0.15, 0.2) is 5.78 Å². The number of methoxy groups -OCH3 is 1. The predicted molar refractivity (Wildman–Crippen MR) is 71.8 cm³/mol. The number of morpholine rings is 1. The summed E-state index contributed by atoms with van der Waals surface area (Å²) in [4.78, 5) is 14.4. The Bertz CT molecular complexity index is 276. The fourth-order valence-electron chi connectivity index (χ4n) is 2.02. The molecule has 1 aliphatic heterocycles. The largest absolute Gasteiger partial charge is 0.379 e. The van der Waals surface area contributed by atoms with Crippen LogP contribution in [0.5, 0.6) is 0 Å². The third kappa shape index (κ3) is 4.67. The molecule has 0 aromatic carbocycles. The molecule has 4 nitrogen and oxygen atoms in total. The Labute approximate surface area is 111 Å². The number of ether oxygens (including phenoxy) is 2. The van der Waals surface area contributed by atoms with Crippen LogP contribution in [0.25, 0.3) is 0 Å². The molecule has 1 fully saturated rings. The second-order valence-corrected chi connectivity index (χ2v) is 5.88. The van der Waals surface area contributed by atoms with Crippen LogP contribution < -0.4 is 0 Å². The minimum Gasteiger partial charge on any atom is -0.379 e. The number of carbonyl (C=O) groups is 1. The highest BCUT2D eigenvalue weighted by molar-refractivity contribution is 5.83. The van der Waals surface area contributed by atoms with E-state index in [1.807, 2.05) is 13.8 Å². The number of nitrogens with zero attached hydrogens (tertiary/aromatic N) is 1. The zero-order valence-corrected chi connectivity index (χ0v) is 12.4. The minimum atomic E-state index is -0.256. The molecule has 0 N–H and O–H groups in total. The first-order chi connectivity index (χ1) is 8.35. The summed E-state index contributed by atoms with van der Waals surface area (Å²) in [5.41, 5.74) is -0.234. The van der Waals surface area contributed by atoms with Crippen molar-refractivity contribution >= 4 is 5.78 Å². The zero-order valence-electron chi connectivity index (χ0n) is 12.4. The third-order valence-corrected chi connectivity index (χ3v) is 3.71. The van der Waals surface area contributed by atoms with Gasteiger partial charge in [0.25, 0.3) is 0 Å². The van der Waals surface area contributed by atoms with Crippen molar-refractivity contribution in [1.29, 1.82) is 0 Å². The van der Waals surface area contributed by atoms with Crippen LogP contribution in [-0.4, -0.2) is 55.2 Å². The van der Waals surface area contributed by atoms with Crippen LogP contribution in [0, 0.1) is 0 Å². The van der Waals surface area contributed by atoms with Gasteiger partial charge in [0.1, 0.15) is 6.10 Å². The van der Waals surface area contributed by atoms with Crippen molar-refractivity contribution in [3.8, 4) is 0 Å². The molecule has 1 heterocycles. The van der Waals surface area contributed by atoms with Crippen molar-refractivity contribution in [2.75, 3.05) is 26.8 Å². The number of ketones is 1. The van der Waals surface area contributed by atoms with E-state index in [-0.39, 0.29) is 17.5 Å². The van der Waals surface area contributed by atoms with E-state index in [1.54, 1.807) is 7.11 Å². The predicted octanol–water partition coefficient (Wildman–Crippen LogP) is 1.87. The number of Topliss-reactive ketones (excluding diaryl/α,β-unsaturated/α-hetero) is 1. The lowest BCUT2D eigenvalue weighted by molar-refractivity contribution is -0.138. The lowest BCUT2D eigenvalue weighted by Gasteiger charge is -2.35. The van der Waals surface area contributed by atoms with Gasteiger partial charge in [0, 0.05) is 32.7 Å². The van der Waals surface area contributed by atoms with E-state index < -0.39 is 0 Å². The van der Waals surface area contributed by atoms with E-state index in [4.69, 9.17) is 9.47 Å². The summed E-state index contributed by atoms with van der Waals surface area (Å²) in [6.07, 6.45) is 1.01. The summed E-state index contributed by atoms with van der Waals surface area (Å²) in [6.45, 7) is 10.6. The monoisotopic (exact) mass is 257 g/mol. The molecule has 0 aromatic heterocycles. The van der Waals surface area contributed by atoms with E-state index >= 15 is 0 Å². The molecule has 0 saturated carbocycles. The van der Waals surface area contributed by atoms with Gasteiger partial charge in [0.05, 0.1) is 12.2 Å². The van der Waals surface area contributed by atoms with Gasteiger partial charge in [-0.3, -0.25) is 9.69 Å². The summed E-state index contributed by atoms with van der Waals surface area (Å²) in [5, 5.41) is 0. The van der Waals surface area contributed by atoms with Gasteiger partial charge in [-0.1, -0.05) is 0 Å². The second-order valence-electron chi connectivity index (χ2n) is 5.88. The molecular weight excluding hydrogens is 230 g/mol. The molecule has 1 atom stereocenters. The Kier molecular flexibility index (Phi) is 5.76. The van der Waals surface area contributed by atoms with Crippen molar-refractivity contribution < 1.29 is 14.3 Å². The normalized spacial score (nSPS) is 22.4. The summed E-state index contributed by atoms with van der Waals surface area (Å²) >= 11 is 0. The van der Waals surface area contributed by atoms with Gasteiger partial charge in [-0.05, 0) is 34.1 Å². The van der Waals surface area contributed by atoms with Crippen LogP contribution in [0.1, 0.15) is 40.5 Å². The average Bonchev–Trinajstić information content (AvgIpc) is 2.36. The first kappa shape index (κ1) is 15.6. The average molecular weight is 257 g/mol. The lowest BCUT2D eigenvalue weighted by Crippen LogP contribution is -2.48. The van der Waals surface area contributed by atoms with Gasteiger partial charge >= 0.3 is 0 Å². The van der Waals surface area contributed by atoms with Crippen LogP contribution in [-0.2, 0) is 14.3 Å².